The van der Waals surface area contributed by atoms with Crippen LogP contribution in [0, 0.1) is 0 Å². The van der Waals surface area contributed by atoms with Gasteiger partial charge in [-0.15, -0.1) is 24.0 Å². The fourth-order valence-corrected chi connectivity index (χ4v) is 2.39. The zero-order valence-electron chi connectivity index (χ0n) is 17.1. The van der Waals surface area contributed by atoms with Gasteiger partial charge in [0.25, 0.3) is 0 Å². The highest BCUT2D eigenvalue weighted by Crippen LogP contribution is 2.30. The average Bonchev–Trinajstić information content (AvgIpc) is 3.14. The quantitative estimate of drug-likeness (QED) is 0.233. The van der Waals surface area contributed by atoms with Crippen molar-refractivity contribution in [3.63, 3.8) is 0 Å². The van der Waals surface area contributed by atoms with Crippen LogP contribution in [-0.2, 0) is 6.42 Å². The lowest BCUT2D eigenvalue weighted by molar-refractivity contribution is 0.311. The van der Waals surface area contributed by atoms with Crippen molar-refractivity contribution in [2.45, 2.75) is 39.5 Å². The Morgan fingerprint density at radius 3 is 2.68 bits per heavy atom. The topological polar surface area (TPSA) is 93.8 Å². The van der Waals surface area contributed by atoms with Gasteiger partial charge in [-0.05, 0) is 25.5 Å². The molecule has 0 saturated heterocycles. The van der Waals surface area contributed by atoms with E-state index in [2.05, 4.69) is 25.8 Å². The molecule has 0 amide bonds. The van der Waals surface area contributed by atoms with E-state index < -0.39 is 0 Å². The number of nitrogens with zero attached hydrogens (tertiary/aromatic N) is 3. The van der Waals surface area contributed by atoms with Crippen molar-refractivity contribution in [2.24, 2.45) is 4.99 Å². The second kappa shape index (κ2) is 12.4. The highest BCUT2D eigenvalue weighted by atomic mass is 127. The molecule has 0 aliphatic carbocycles. The molecular weight excluding hydrogens is 473 g/mol. The van der Waals surface area contributed by atoms with Gasteiger partial charge in [-0.2, -0.15) is 4.98 Å². The van der Waals surface area contributed by atoms with Crippen LogP contribution in [0.2, 0.25) is 0 Å². The minimum Gasteiger partial charge on any atom is -0.493 e. The molecule has 0 aliphatic heterocycles. The first-order valence-corrected chi connectivity index (χ1v) is 9.18. The number of benzene rings is 1. The summed E-state index contributed by atoms with van der Waals surface area (Å²) >= 11 is 0. The number of guanidine groups is 1. The third-order valence-corrected chi connectivity index (χ3v) is 3.81. The SMILES string of the molecule is CCOc1ccc(NC(=NC)NCCCc2nc(C(C)C)no2)cc1OC.I. The monoisotopic (exact) mass is 503 g/mol. The molecule has 9 heteroatoms. The van der Waals surface area contributed by atoms with Crippen molar-refractivity contribution in [1.29, 1.82) is 0 Å². The maximum absolute atomic E-state index is 5.53. The van der Waals surface area contributed by atoms with Crippen molar-refractivity contribution in [1.82, 2.24) is 15.5 Å². The maximum Gasteiger partial charge on any atom is 0.226 e. The summed E-state index contributed by atoms with van der Waals surface area (Å²) in [5.41, 5.74) is 0.863. The lowest BCUT2D eigenvalue weighted by Crippen LogP contribution is -2.31. The third kappa shape index (κ3) is 7.17. The predicted octanol–water partition coefficient (Wildman–Crippen LogP) is 3.84. The number of rotatable bonds is 9. The average molecular weight is 503 g/mol. The van der Waals surface area contributed by atoms with E-state index in [1.165, 1.54) is 0 Å². The number of aromatic nitrogens is 2. The van der Waals surface area contributed by atoms with Crippen LogP contribution >= 0.6 is 24.0 Å². The van der Waals surface area contributed by atoms with Crippen molar-refractivity contribution in [3.8, 4) is 11.5 Å². The molecule has 0 saturated carbocycles. The summed E-state index contributed by atoms with van der Waals surface area (Å²) in [5, 5.41) is 10.5. The molecule has 0 fully saturated rings. The Morgan fingerprint density at radius 1 is 1.29 bits per heavy atom. The van der Waals surface area contributed by atoms with E-state index in [9.17, 15) is 0 Å². The second-order valence-electron chi connectivity index (χ2n) is 6.23. The van der Waals surface area contributed by atoms with Crippen molar-refractivity contribution >= 4 is 35.6 Å². The van der Waals surface area contributed by atoms with Crippen LogP contribution in [0.5, 0.6) is 11.5 Å². The summed E-state index contributed by atoms with van der Waals surface area (Å²) in [5.74, 6) is 3.76. The van der Waals surface area contributed by atoms with Gasteiger partial charge in [0, 0.05) is 37.7 Å². The van der Waals surface area contributed by atoms with E-state index in [1.54, 1.807) is 14.2 Å². The van der Waals surface area contributed by atoms with Gasteiger partial charge in [0.2, 0.25) is 5.89 Å². The lowest BCUT2D eigenvalue weighted by Gasteiger charge is -2.14. The van der Waals surface area contributed by atoms with Crippen LogP contribution in [0.25, 0.3) is 0 Å². The number of ether oxygens (including phenoxy) is 2. The standard InChI is InChI=1S/C19H29N5O3.HI/c1-6-26-15-10-9-14(12-16(15)25-5)22-19(20-4)21-11-7-8-17-23-18(13(2)3)24-27-17;/h9-10,12-13H,6-8,11H2,1-5H3,(H2,20,21,22);1H. The Balaban J connectivity index is 0.00000392. The Morgan fingerprint density at radius 2 is 2.07 bits per heavy atom. The Hall–Kier alpha value is -2.04. The molecule has 1 aromatic carbocycles. The smallest absolute Gasteiger partial charge is 0.226 e. The molecule has 0 radical (unpaired) electrons. The molecule has 0 atom stereocenters. The third-order valence-electron chi connectivity index (χ3n) is 3.81. The Labute approximate surface area is 183 Å². The van der Waals surface area contributed by atoms with Gasteiger partial charge in [0.1, 0.15) is 0 Å². The van der Waals surface area contributed by atoms with Crippen LogP contribution in [-0.4, -0.2) is 43.4 Å². The maximum atomic E-state index is 5.53. The van der Waals surface area contributed by atoms with Crippen LogP contribution in [0.3, 0.4) is 0 Å². The van der Waals surface area contributed by atoms with E-state index in [0.717, 1.165) is 30.9 Å². The highest BCUT2D eigenvalue weighted by Gasteiger charge is 2.10. The Bertz CT molecular complexity index is 749. The molecule has 0 unspecified atom stereocenters. The minimum atomic E-state index is 0. The lowest BCUT2D eigenvalue weighted by atomic mass is 10.2. The van der Waals surface area contributed by atoms with Crippen molar-refractivity contribution in [3.05, 3.63) is 29.9 Å². The molecule has 2 N–H and O–H groups in total. The van der Waals surface area contributed by atoms with Crippen molar-refractivity contribution in [2.75, 3.05) is 32.6 Å². The zero-order chi connectivity index (χ0) is 19.6. The zero-order valence-corrected chi connectivity index (χ0v) is 19.4. The number of hydrogen-bond donors (Lipinski definition) is 2. The summed E-state index contributed by atoms with van der Waals surface area (Å²) in [6.45, 7) is 7.34. The van der Waals surface area contributed by atoms with Crippen molar-refractivity contribution < 1.29 is 14.0 Å². The van der Waals surface area contributed by atoms with E-state index >= 15 is 0 Å². The summed E-state index contributed by atoms with van der Waals surface area (Å²) < 4.78 is 16.2. The normalized spacial score (nSPS) is 11.1. The summed E-state index contributed by atoms with van der Waals surface area (Å²) in [6.07, 6.45) is 1.58. The molecule has 0 bridgehead atoms. The fraction of sp³-hybridized carbons (Fsp3) is 0.526. The Kier molecular flexibility index (Phi) is 10.6. The number of aryl methyl sites for hydroxylation is 1. The van der Waals surface area contributed by atoms with Crippen LogP contribution in [0.4, 0.5) is 5.69 Å². The number of methoxy groups -OCH3 is 1. The molecule has 1 aromatic heterocycles. The van der Waals surface area contributed by atoms with Crippen LogP contribution in [0.15, 0.2) is 27.7 Å². The molecule has 2 aromatic rings. The number of nitrogens with one attached hydrogen (secondary N) is 2. The first kappa shape index (κ1) is 24.0. The van der Waals surface area contributed by atoms with Crippen LogP contribution in [0.1, 0.15) is 44.8 Å². The number of aliphatic imine (C=N–C) groups is 1. The first-order valence-electron chi connectivity index (χ1n) is 9.18. The summed E-state index contributed by atoms with van der Waals surface area (Å²) in [6, 6.07) is 5.68. The molecule has 1 heterocycles. The molecule has 8 nitrogen and oxygen atoms in total. The van der Waals surface area contributed by atoms with Gasteiger partial charge in [0.15, 0.2) is 23.3 Å². The van der Waals surface area contributed by atoms with E-state index in [4.69, 9.17) is 14.0 Å². The minimum absolute atomic E-state index is 0. The fourth-order valence-electron chi connectivity index (χ4n) is 2.39. The molecule has 156 valence electrons. The highest BCUT2D eigenvalue weighted by molar-refractivity contribution is 14.0. The number of anilines is 1. The molecular formula is C19H30IN5O3. The van der Waals surface area contributed by atoms with E-state index in [0.29, 0.717) is 30.0 Å². The molecule has 28 heavy (non-hydrogen) atoms. The predicted molar refractivity (Wildman–Crippen MR) is 121 cm³/mol. The molecule has 2 rings (SSSR count). The number of hydrogen-bond acceptors (Lipinski definition) is 6. The van der Waals surface area contributed by atoms with Gasteiger partial charge in [-0.1, -0.05) is 19.0 Å². The first-order chi connectivity index (χ1) is 13.1. The van der Waals surface area contributed by atoms with Gasteiger partial charge in [0.05, 0.1) is 13.7 Å². The van der Waals surface area contributed by atoms with Gasteiger partial charge < -0.3 is 24.6 Å². The molecule has 0 spiro atoms. The second-order valence-corrected chi connectivity index (χ2v) is 6.23. The number of halogens is 1. The summed E-state index contributed by atoms with van der Waals surface area (Å²) in [4.78, 5) is 8.62. The van der Waals surface area contributed by atoms with Crippen LogP contribution < -0.4 is 20.1 Å². The van der Waals surface area contributed by atoms with E-state index in [1.807, 2.05) is 39.0 Å². The summed E-state index contributed by atoms with van der Waals surface area (Å²) in [7, 11) is 3.35. The van der Waals surface area contributed by atoms with Gasteiger partial charge >= 0.3 is 0 Å². The van der Waals surface area contributed by atoms with Gasteiger partial charge in [-0.3, -0.25) is 4.99 Å². The van der Waals surface area contributed by atoms with E-state index in [-0.39, 0.29) is 29.9 Å². The molecule has 0 aliphatic rings. The van der Waals surface area contributed by atoms with Gasteiger partial charge in [-0.25, -0.2) is 0 Å². The largest absolute Gasteiger partial charge is 0.493 e.